The Morgan fingerprint density at radius 3 is 2.52 bits per heavy atom. The third kappa shape index (κ3) is 4.24. The van der Waals surface area contributed by atoms with Gasteiger partial charge in [0.2, 0.25) is 5.91 Å². The predicted octanol–water partition coefficient (Wildman–Crippen LogP) is 3.19. The van der Waals surface area contributed by atoms with Crippen molar-refractivity contribution in [3.05, 3.63) is 70.5 Å². The molecule has 0 aromatic heterocycles. The summed E-state index contributed by atoms with van der Waals surface area (Å²) in [6, 6.07) is 12.2. The van der Waals surface area contributed by atoms with E-state index in [0.29, 0.717) is 24.1 Å². The van der Waals surface area contributed by atoms with Gasteiger partial charge in [0.15, 0.2) is 0 Å². The summed E-state index contributed by atoms with van der Waals surface area (Å²) in [6.07, 6.45) is 1.54. The molecule has 2 aromatic carbocycles. The number of likely N-dealkylation sites (tertiary alicyclic amines) is 1. The summed E-state index contributed by atoms with van der Waals surface area (Å²) in [5.74, 6) is -0.288. The lowest BCUT2D eigenvalue weighted by Gasteiger charge is -2.15. The Hall–Kier alpha value is -2.69. The minimum Gasteiger partial charge on any atom is -0.348 e. The van der Waals surface area contributed by atoms with Crippen molar-refractivity contribution < 1.29 is 14.0 Å². The maximum Gasteiger partial charge on any atom is 0.251 e. The van der Waals surface area contributed by atoms with Gasteiger partial charge in [0, 0.05) is 31.6 Å². The van der Waals surface area contributed by atoms with Gasteiger partial charge in [0.1, 0.15) is 5.82 Å². The van der Waals surface area contributed by atoms with Crippen LogP contribution < -0.4 is 5.32 Å². The summed E-state index contributed by atoms with van der Waals surface area (Å²) in [5, 5.41) is 2.79. The van der Waals surface area contributed by atoms with Crippen molar-refractivity contribution >= 4 is 11.8 Å². The van der Waals surface area contributed by atoms with Gasteiger partial charge in [-0.1, -0.05) is 24.3 Å². The maximum atomic E-state index is 13.5. The van der Waals surface area contributed by atoms with Crippen molar-refractivity contribution in [1.29, 1.82) is 0 Å². The molecule has 1 N–H and O–H groups in total. The molecule has 4 nitrogen and oxygen atoms in total. The Labute approximate surface area is 146 Å². The van der Waals surface area contributed by atoms with E-state index in [9.17, 15) is 14.0 Å². The fourth-order valence-corrected chi connectivity index (χ4v) is 2.88. The second-order valence-electron chi connectivity index (χ2n) is 6.38. The van der Waals surface area contributed by atoms with E-state index in [2.05, 4.69) is 5.32 Å². The minimum atomic E-state index is -0.271. The van der Waals surface area contributed by atoms with Gasteiger partial charge in [-0.2, -0.15) is 0 Å². The van der Waals surface area contributed by atoms with E-state index in [1.807, 2.05) is 17.0 Å². The second kappa shape index (κ2) is 7.47. The normalized spacial score (nSPS) is 14.0. The number of carbonyl (C=O) groups excluding carboxylic acids is 2. The van der Waals surface area contributed by atoms with Crippen molar-refractivity contribution in [2.75, 3.05) is 6.54 Å². The Bertz CT molecular complexity index is 787. The molecule has 0 unspecified atom stereocenters. The first kappa shape index (κ1) is 17.1. The summed E-state index contributed by atoms with van der Waals surface area (Å²) in [7, 11) is 0. The van der Waals surface area contributed by atoms with Gasteiger partial charge >= 0.3 is 0 Å². The van der Waals surface area contributed by atoms with Gasteiger partial charge < -0.3 is 10.2 Å². The fraction of sp³-hybridized carbons (Fsp3) is 0.300. The van der Waals surface area contributed by atoms with E-state index in [0.717, 1.165) is 24.1 Å². The number of rotatable bonds is 5. The third-order valence-electron chi connectivity index (χ3n) is 4.45. The molecule has 130 valence electrons. The highest BCUT2D eigenvalue weighted by atomic mass is 19.1. The highest BCUT2D eigenvalue weighted by molar-refractivity contribution is 5.94. The average Bonchev–Trinajstić information content (AvgIpc) is 3.01. The smallest absolute Gasteiger partial charge is 0.251 e. The lowest BCUT2D eigenvalue weighted by Crippen LogP contribution is -2.24. The molecule has 0 atom stereocenters. The molecule has 2 aromatic rings. The molecule has 5 heteroatoms. The number of nitrogens with one attached hydrogen (secondary N) is 1. The third-order valence-corrected chi connectivity index (χ3v) is 4.45. The lowest BCUT2D eigenvalue weighted by molar-refractivity contribution is -0.128. The number of aryl methyl sites for hydroxylation is 1. The molecule has 0 bridgehead atoms. The maximum absolute atomic E-state index is 13.5. The number of halogens is 1. The monoisotopic (exact) mass is 340 g/mol. The van der Waals surface area contributed by atoms with Crippen molar-refractivity contribution in [1.82, 2.24) is 10.2 Å². The molecule has 1 saturated heterocycles. The van der Waals surface area contributed by atoms with Gasteiger partial charge in [0.25, 0.3) is 5.91 Å². The van der Waals surface area contributed by atoms with Crippen LogP contribution in [0.5, 0.6) is 0 Å². The van der Waals surface area contributed by atoms with E-state index in [1.54, 1.807) is 31.2 Å². The van der Waals surface area contributed by atoms with Crippen LogP contribution in [-0.2, 0) is 17.9 Å². The number of amides is 2. The highest BCUT2D eigenvalue weighted by Crippen LogP contribution is 2.15. The first-order valence-electron chi connectivity index (χ1n) is 8.43. The van der Waals surface area contributed by atoms with E-state index in [1.165, 1.54) is 6.07 Å². The van der Waals surface area contributed by atoms with Crippen LogP contribution in [0.1, 0.15) is 39.9 Å². The molecule has 0 radical (unpaired) electrons. The summed E-state index contributed by atoms with van der Waals surface area (Å²) in [6.45, 7) is 3.37. The van der Waals surface area contributed by atoms with Crippen LogP contribution >= 0.6 is 0 Å². The average molecular weight is 340 g/mol. The summed E-state index contributed by atoms with van der Waals surface area (Å²) in [4.78, 5) is 25.7. The molecule has 0 saturated carbocycles. The molecule has 3 rings (SSSR count). The molecule has 25 heavy (non-hydrogen) atoms. The largest absolute Gasteiger partial charge is 0.348 e. The summed E-state index contributed by atoms with van der Waals surface area (Å²) in [5.41, 5.74) is 2.86. The fourth-order valence-electron chi connectivity index (χ4n) is 2.88. The minimum absolute atomic E-state index is 0.187. The number of benzene rings is 2. The van der Waals surface area contributed by atoms with Crippen LogP contribution in [0.15, 0.2) is 42.5 Å². The van der Waals surface area contributed by atoms with Crippen LogP contribution in [0.4, 0.5) is 4.39 Å². The van der Waals surface area contributed by atoms with E-state index < -0.39 is 0 Å². The topological polar surface area (TPSA) is 49.4 Å². The zero-order valence-corrected chi connectivity index (χ0v) is 14.2. The number of hydrogen-bond donors (Lipinski definition) is 1. The SMILES string of the molecule is Cc1ccc(CNC(=O)c2ccc(CN3CCCC3=O)cc2)cc1F. The van der Waals surface area contributed by atoms with E-state index in [4.69, 9.17) is 0 Å². The van der Waals surface area contributed by atoms with E-state index >= 15 is 0 Å². The predicted molar refractivity (Wildman–Crippen MR) is 93.4 cm³/mol. The quantitative estimate of drug-likeness (QED) is 0.909. The molecule has 0 aliphatic carbocycles. The summed E-state index contributed by atoms with van der Waals surface area (Å²) < 4.78 is 13.5. The Morgan fingerprint density at radius 1 is 1.16 bits per heavy atom. The van der Waals surface area contributed by atoms with Gasteiger partial charge in [-0.15, -0.1) is 0 Å². The first-order valence-corrected chi connectivity index (χ1v) is 8.43. The zero-order chi connectivity index (χ0) is 17.8. The summed E-state index contributed by atoms with van der Waals surface area (Å²) >= 11 is 0. The molecular formula is C20H21FN2O2. The Kier molecular flexibility index (Phi) is 5.12. The van der Waals surface area contributed by atoms with Crippen LogP contribution in [0.2, 0.25) is 0 Å². The van der Waals surface area contributed by atoms with Crippen LogP contribution in [0.25, 0.3) is 0 Å². The molecule has 1 aliphatic rings. The molecule has 1 fully saturated rings. The van der Waals surface area contributed by atoms with Gasteiger partial charge in [-0.3, -0.25) is 9.59 Å². The highest BCUT2D eigenvalue weighted by Gasteiger charge is 2.19. The number of nitrogens with zero attached hydrogens (tertiary/aromatic N) is 1. The molecule has 2 amide bonds. The molecule has 0 spiro atoms. The van der Waals surface area contributed by atoms with Crippen molar-refractivity contribution in [3.8, 4) is 0 Å². The van der Waals surface area contributed by atoms with Crippen LogP contribution in [0, 0.1) is 12.7 Å². The lowest BCUT2D eigenvalue weighted by atomic mass is 10.1. The second-order valence-corrected chi connectivity index (χ2v) is 6.38. The van der Waals surface area contributed by atoms with Gasteiger partial charge in [0.05, 0.1) is 0 Å². The van der Waals surface area contributed by atoms with Crippen molar-refractivity contribution in [3.63, 3.8) is 0 Å². The van der Waals surface area contributed by atoms with Crippen molar-refractivity contribution in [2.24, 2.45) is 0 Å². The Balaban J connectivity index is 1.56. The Morgan fingerprint density at radius 2 is 1.88 bits per heavy atom. The van der Waals surface area contributed by atoms with Gasteiger partial charge in [-0.05, 0) is 48.2 Å². The van der Waals surface area contributed by atoms with Crippen molar-refractivity contribution in [2.45, 2.75) is 32.9 Å². The van der Waals surface area contributed by atoms with Gasteiger partial charge in [-0.25, -0.2) is 4.39 Å². The molecular weight excluding hydrogens is 319 g/mol. The first-order chi connectivity index (χ1) is 12.0. The number of hydrogen-bond acceptors (Lipinski definition) is 2. The number of carbonyl (C=O) groups is 2. The van der Waals surface area contributed by atoms with E-state index in [-0.39, 0.29) is 24.2 Å². The zero-order valence-electron chi connectivity index (χ0n) is 14.2. The van der Waals surface area contributed by atoms with Crippen LogP contribution in [-0.4, -0.2) is 23.3 Å². The molecule has 1 heterocycles. The standard InChI is InChI=1S/C20H21FN2O2/c1-14-4-5-16(11-18(14)21)12-22-20(25)17-8-6-15(7-9-17)13-23-10-2-3-19(23)24/h4-9,11H,2-3,10,12-13H2,1H3,(H,22,25). The molecule has 1 aliphatic heterocycles. The van der Waals surface area contributed by atoms with Crippen LogP contribution in [0.3, 0.4) is 0 Å².